The number of carbonyl (C=O) groups is 2. The van der Waals surface area contributed by atoms with Crippen molar-refractivity contribution >= 4 is 12.0 Å². The number of ether oxygens (including phenoxy) is 1. The summed E-state index contributed by atoms with van der Waals surface area (Å²) in [4.78, 5) is 30.1. The summed E-state index contributed by atoms with van der Waals surface area (Å²) in [7, 11) is 0. The predicted molar refractivity (Wildman–Crippen MR) is 91.1 cm³/mol. The zero-order chi connectivity index (χ0) is 18.7. The van der Waals surface area contributed by atoms with E-state index in [1.165, 1.54) is 0 Å². The van der Waals surface area contributed by atoms with Crippen molar-refractivity contribution in [3.63, 3.8) is 0 Å². The summed E-state index contributed by atoms with van der Waals surface area (Å²) in [6, 6.07) is 7.87. The van der Waals surface area contributed by atoms with Crippen LogP contribution in [-0.2, 0) is 21.0 Å². The first-order chi connectivity index (χ1) is 11.6. The van der Waals surface area contributed by atoms with Gasteiger partial charge in [0.05, 0.1) is 5.60 Å². The minimum atomic E-state index is -1.39. The summed E-state index contributed by atoms with van der Waals surface area (Å²) in [5, 5.41) is 11.4. The van der Waals surface area contributed by atoms with Crippen molar-refractivity contribution in [1.29, 1.82) is 0 Å². The lowest BCUT2D eigenvalue weighted by Crippen LogP contribution is -2.63. The SMILES string of the molecule is CC(C)(C)OC(=O)N(OCc1ccccc1)C(C(N)=O)C1(O)CCC1. The minimum absolute atomic E-state index is 0.0416. The maximum absolute atomic E-state index is 12.6. The molecule has 1 saturated carbocycles. The van der Waals surface area contributed by atoms with Gasteiger partial charge in [-0.05, 0) is 45.6 Å². The van der Waals surface area contributed by atoms with Crippen LogP contribution in [0.1, 0.15) is 45.6 Å². The summed E-state index contributed by atoms with van der Waals surface area (Å²) in [6.45, 7) is 5.16. The lowest BCUT2D eigenvalue weighted by Gasteiger charge is -2.45. The van der Waals surface area contributed by atoms with Gasteiger partial charge in [-0.2, -0.15) is 5.06 Å². The van der Waals surface area contributed by atoms with Crippen molar-refractivity contribution in [2.45, 2.75) is 63.9 Å². The van der Waals surface area contributed by atoms with Gasteiger partial charge in [0.25, 0.3) is 0 Å². The molecule has 0 aliphatic heterocycles. The van der Waals surface area contributed by atoms with Gasteiger partial charge in [-0.3, -0.25) is 9.63 Å². The average molecular weight is 350 g/mol. The summed E-state index contributed by atoms with van der Waals surface area (Å²) in [5.74, 6) is -0.832. The topological polar surface area (TPSA) is 102 Å². The summed E-state index contributed by atoms with van der Waals surface area (Å²) >= 11 is 0. The van der Waals surface area contributed by atoms with Crippen LogP contribution in [0.25, 0.3) is 0 Å². The molecule has 1 atom stereocenters. The molecule has 1 aromatic carbocycles. The fourth-order valence-electron chi connectivity index (χ4n) is 2.67. The van der Waals surface area contributed by atoms with Gasteiger partial charge in [0.15, 0.2) is 6.04 Å². The number of hydrogen-bond acceptors (Lipinski definition) is 5. The second kappa shape index (κ2) is 7.41. The van der Waals surface area contributed by atoms with Crippen LogP contribution in [0.5, 0.6) is 0 Å². The van der Waals surface area contributed by atoms with Crippen molar-refractivity contribution in [1.82, 2.24) is 5.06 Å². The quantitative estimate of drug-likeness (QED) is 0.765. The van der Waals surface area contributed by atoms with Gasteiger partial charge >= 0.3 is 6.09 Å². The standard InChI is InChI=1S/C18H26N2O5/c1-17(2,3)25-16(22)20(24-12-13-8-5-4-6-9-13)14(15(19)21)18(23)10-7-11-18/h4-6,8-9,14,23H,7,10-12H2,1-3H3,(H2,19,21). The number of nitrogens with two attached hydrogens (primary N) is 1. The molecular weight excluding hydrogens is 324 g/mol. The highest BCUT2D eigenvalue weighted by Crippen LogP contribution is 2.37. The number of amides is 2. The zero-order valence-corrected chi connectivity index (χ0v) is 14.9. The van der Waals surface area contributed by atoms with Crippen LogP contribution >= 0.6 is 0 Å². The first-order valence-electron chi connectivity index (χ1n) is 8.33. The predicted octanol–water partition coefficient (Wildman–Crippen LogP) is 2.12. The van der Waals surface area contributed by atoms with E-state index in [1.807, 2.05) is 30.3 Å². The fourth-order valence-corrected chi connectivity index (χ4v) is 2.67. The summed E-state index contributed by atoms with van der Waals surface area (Å²) < 4.78 is 5.33. The largest absolute Gasteiger partial charge is 0.442 e. The highest BCUT2D eigenvalue weighted by Gasteiger charge is 2.51. The number of benzene rings is 1. The molecule has 138 valence electrons. The number of primary amides is 1. The second-order valence-electron chi connectivity index (χ2n) is 7.33. The lowest BCUT2D eigenvalue weighted by atomic mass is 9.74. The van der Waals surface area contributed by atoms with E-state index in [0.717, 1.165) is 17.0 Å². The molecule has 2 amide bonds. The number of aliphatic hydroxyl groups is 1. The van der Waals surface area contributed by atoms with Crippen LogP contribution in [0.15, 0.2) is 30.3 Å². The first kappa shape index (κ1) is 19.2. The Kier molecular flexibility index (Phi) is 5.69. The van der Waals surface area contributed by atoms with E-state index in [0.29, 0.717) is 12.8 Å². The van der Waals surface area contributed by atoms with Crippen molar-refractivity contribution in [2.24, 2.45) is 5.73 Å². The van der Waals surface area contributed by atoms with Gasteiger partial charge in [0, 0.05) is 0 Å². The average Bonchev–Trinajstić information content (AvgIpc) is 2.48. The molecule has 0 aromatic heterocycles. The Morgan fingerprint density at radius 2 is 1.88 bits per heavy atom. The third-order valence-corrected chi connectivity index (χ3v) is 4.02. The number of hydrogen-bond donors (Lipinski definition) is 2. The Labute approximate surface area is 147 Å². The number of hydroxylamine groups is 2. The molecule has 2 rings (SSSR count). The normalized spacial score (nSPS) is 17.3. The molecule has 3 N–H and O–H groups in total. The van der Waals surface area contributed by atoms with E-state index in [2.05, 4.69) is 0 Å². The van der Waals surface area contributed by atoms with Gasteiger partial charge in [-0.1, -0.05) is 30.3 Å². The van der Waals surface area contributed by atoms with E-state index in [9.17, 15) is 14.7 Å². The summed E-state index contributed by atoms with van der Waals surface area (Å²) in [5.41, 5.74) is 4.11. The molecule has 1 fully saturated rings. The van der Waals surface area contributed by atoms with Crippen LogP contribution in [0, 0.1) is 0 Å². The van der Waals surface area contributed by atoms with Gasteiger partial charge in [-0.15, -0.1) is 0 Å². The molecule has 0 heterocycles. The van der Waals surface area contributed by atoms with E-state index in [4.69, 9.17) is 15.3 Å². The lowest BCUT2D eigenvalue weighted by molar-refractivity contribution is -0.226. The Morgan fingerprint density at radius 3 is 2.32 bits per heavy atom. The number of carbonyl (C=O) groups excluding carboxylic acids is 2. The number of nitrogens with zero attached hydrogens (tertiary/aromatic N) is 1. The molecule has 0 spiro atoms. The molecule has 0 bridgehead atoms. The molecule has 7 heteroatoms. The molecule has 1 unspecified atom stereocenters. The van der Waals surface area contributed by atoms with Gasteiger partial charge in [0.1, 0.15) is 12.2 Å². The van der Waals surface area contributed by atoms with Gasteiger partial charge in [0.2, 0.25) is 5.91 Å². The van der Waals surface area contributed by atoms with Gasteiger partial charge in [-0.25, -0.2) is 4.79 Å². The molecule has 1 aliphatic carbocycles. The van der Waals surface area contributed by atoms with Crippen molar-refractivity contribution in [3.8, 4) is 0 Å². The number of rotatable bonds is 6. The summed E-state index contributed by atoms with van der Waals surface area (Å²) in [6.07, 6.45) is 0.636. The minimum Gasteiger partial charge on any atom is -0.442 e. The third kappa shape index (κ3) is 4.93. The second-order valence-corrected chi connectivity index (χ2v) is 7.33. The Hall–Kier alpha value is -2.12. The van der Waals surface area contributed by atoms with Crippen LogP contribution in [0.2, 0.25) is 0 Å². The van der Waals surface area contributed by atoms with Crippen LogP contribution in [-0.4, -0.2) is 39.4 Å². The maximum atomic E-state index is 12.6. The highest BCUT2D eigenvalue weighted by atomic mass is 16.7. The molecule has 7 nitrogen and oxygen atoms in total. The first-order valence-corrected chi connectivity index (χ1v) is 8.33. The van der Waals surface area contributed by atoms with E-state index >= 15 is 0 Å². The molecule has 0 saturated heterocycles. The Balaban J connectivity index is 2.23. The molecule has 0 radical (unpaired) electrons. The van der Waals surface area contributed by atoms with Crippen LogP contribution in [0.4, 0.5) is 4.79 Å². The highest BCUT2D eigenvalue weighted by molar-refractivity contribution is 5.85. The van der Waals surface area contributed by atoms with Crippen molar-refractivity contribution in [2.75, 3.05) is 0 Å². The maximum Gasteiger partial charge on any atom is 0.435 e. The molecule has 1 aliphatic rings. The van der Waals surface area contributed by atoms with Crippen molar-refractivity contribution in [3.05, 3.63) is 35.9 Å². The van der Waals surface area contributed by atoms with E-state index in [-0.39, 0.29) is 6.61 Å². The van der Waals surface area contributed by atoms with Crippen LogP contribution in [0.3, 0.4) is 0 Å². The van der Waals surface area contributed by atoms with Crippen LogP contribution < -0.4 is 5.73 Å². The van der Waals surface area contributed by atoms with Gasteiger partial charge < -0.3 is 15.6 Å². The van der Waals surface area contributed by atoms with E-state index < -0.39 is 29.2 Å². The molecule has 25 heavy (non-hydrogen) atoms. The Bertz CT molecular complexity index is 608. The smallest absolute Gasteiger partial charge is 0.435 e. The zero-order valence-electron chi connectivity index (χ0n) is 14.9. The Morgan fingerprint density at radius 1 is 1.28 bits per heavy atom. The van der Waals surface area contributed by atoms with E-state index in [1.54, 1.807) is 20.8 Å². The molecular formula is C18H26N2O5. The third-order valence-electron chi connectivity index (χ3n) is 4.02. The van der Waals surface area contributed by atoms with Crippen molar-refractivity contribution < 1.29 is 24.3 Å². The fraction of sp³-hybridized carbons (Fsp3) is 0.556. The monoisotopic (exact) mass is 350 g/mol. The molecule has 1 aromatic rings.